The zero-order valence-electron chi connectivity index (χ0n) is 14.5. The van der Waals surface area contributed by atoms with Gasteiger partial charge >= 0.3 is 0 Å². The Morgan fingerprint density at radius 3 is 2.52 bits per heavy atom. The van der Waals surface area contributed by atoms with E-state index in [0.29, 0.717) is 23.0 Å². The average molecular weight is 361 g/mol. The van der Waals surface area contributed by atoms with Crippen LogP contribution in [-0.4, -0.2) is 25.5 Å². The molecule has 2 aromatic carbocycles. The second kappa shape index (κ2) is 8.53. The number of halogens is 1. The third-order valence-electron chi connectivity index (χ3n) is 3.78. The Bertz CT molecular complexity index is 777. The number of amides is 2. The second-order valence-electron chi connectivity index (χ2n) is 5.60. The topological polar surface area (TPSA) is 58.6 Å². The van der Waals surface area contributed by atoms with Gasteiger partial charge in [-0.2, -0.15) is 0 Å². The Kier molecular flexibility index (Phi) is 6.42. The van der Waals surface area contributed by atoms with Gasteiger partial charge in [0.2, 0.25) is 11.8 Å². The lowest BCUT2D eigenvalue weighted by atomic mass is 10.1. The monoisotopic (exact) mass is 360 g/mol. The van der Waals surface area contributed by atoms with Crippen molar-refractivity contribution in [1.82, 2.24) is 0 Å². The Morgan fingerprint density at radius 2 is 1.92 bits per heavy atom. The number of hydrogen-bond acceptors (Lipinski definition) is 3. The molecule has 0 atom stereocenters. The fraction of sp³-hybridized carbons (Fsp3) is 0.263. The van der Waals surface area contributed by atoms with Gasteiger partial charge in [-0.25, -0.2) is 0 Å². The first-order valence-corrected chi connectivity index (χ1v) is 8.27. The van der Waals surface area contributed by atoms with Crippen molar-refractivity contribution in [2.75, 3.05) is 23.9 Å². The molecule has 1 N–H and O–H groups in total. The number of methoxy groups -OCH3 is 1. The molecule has 0 heterocycles. The molecular formula is C19H21ClN2O3. The summed E-state index contributed by atoms with van der Waals surface area (Å²) in [6, 6.07) is 12.6. The lowest BCUT2D eigenvalue weighted by molar-refractivity contribution is -0.117. The molecule has 0 unspecified atom stereocenters. The van der Waals surface area contributed by atoms with Gasteiger partial charge in [0, 0.05) is 31.3 Å². The number of hydrogen-bond donors (Lipinski definition) is 1. The van der Waals surface area contributed by atoms with Gasteiger partial charge in [0.25, 0.3) is 0 Å². The molecule has 2 rings (SSSR count). The molecule has 0 saturated heterocycles. The van der Waals surface area contributed by atoms with Crippen LogP contribution in [0.25, 0.3) is 0 Å². The standard InChI is InChI=1S/C19H21ClN2O3/c1-13-6-4-5-7-17(13)22(14(2)23)11-10-19(24)21-15-8-9-18(25-3)16(20)12-15/h4-9,12H,10-11H2,1-3H3,(H,21,24). The minimum Gasteiger partial charge on any atom is -0.495 e. The molecule has 0 spiro atoms. The quantitative estimate of drug-likeness (QED) is 0.845. The predicted molar refractivity (Wildman–Crippen MR) is 100 cm³/mol. The second-order valence-corrected chi connectivity index (χ2v) is 6.01. The molecule has 25 heavy (non-hydrogen) atoms. The normalized spacial score (nSPS) is 10.2. The first kappa shape index (κ1) is 18.8. The molecule has 0 bridgehead atoms. The van der Waals surface area contributed by atoms with E-state index in [0.717, 1.165) is 11.3 Å². The van der Waals surface area contributed by atoms with E-state index in [9.17, 15) is 9.59 Å². The highest BCUT2D eigenvalue weighted by molar-refractivity contribution is 6.32. The number of ether oxygens (including phenoxy) is 1. The van der Waals surface area contributed by atoms with Gasteiger partial charge in [-0.1, -0.05) is 29.8 Å². The number of aryl methyl sites for hydroxylation is 1. The van der Waals surface area contributed by atoms with Crippen molar-refractivity contribution >= 4 is 34.8 Å². The van der Waals surface area contributed by atoms with Crippen molar-refractivity contribution in [2.45, 2.75) is 20.3 Å². The van der Waals surface area contributed by atoms with Crippen LogP contribution < -0.4 is 15.0 Å². The van der Waals surface area contributed by atoms with Crippen LogP contribution in [0.15, 0.2) is 42.5 Å². The van der Waals surface area contributed by atoms with E-state index in [-0.39, 0.29) is 18.2 Å². The van der Waals surface area contributed by atoms with E-state index in [1.54, 1.807) is 23.1 Å². The van der Waals surface area contributed by atoms with Gasteiger partial charge in [-0.3, -0.25) is 9.59 Å². The van der Waals surface area contributed by atoms with E-state index in [4.69, 9.17) is 16.3 Å². The lowest BCUT2D eigenvalue weighted by Crippen LogP contribution is -2.32. The van der Waals surface area contributed by atoms with Crippen LogP contribution in [0.1, 0.15) is 18.9 Å². The number of nitrogens with zero attached hydrogens (tertiary/aromatic N) is 1. The fourth-order valence-corrected chi connectivity index (χ4v) is 2.75. The van der Waals surface area contributed by atoms with E-state index >= 15 is 0 Å². The highest BCUT2D eigenvalue weighted by Crippen LogP contribution is 2.27. The summed E-state index contributed by atoms with van der Waals surface area (Å²) < 4.78 is 5.08. The predicted octanol–water partition coefficient (Wildman–Crippen LogP) is 4.04. The molecular weight excluding hydrogens is 340 g/mol. The lowest BCUT2D eigenvalue weighted by Gasteiger charge is -2.22. The van der Waals surface area contributed by atoms with Gasteiger partial charge in [0.15, 0.2) is 0 Å². The number of rotatable bonds is 6. The molecule has 0 radical (unpaired) electrons. The first-order valence-electron chi connectivity index (χ1n) is 7.89. The highest BCUT2D eigenvalue weighted by Gasteiger charge is 2.15. The average Bonchev–Trinajstić information content (AvgIpc) is 2.56. The van der Waals surface area contributed by atoms with Crippen LogP contribution in [0.4, 0.5) is 11.4 Å². The summed E-state index contributed by atoms with van der Waals surface area (Å²) in [6.07, 6.45) is 0.178. The minimum absolute atomic E-state index is 0.102. The molecule has 2 amide bonds. The molecule has 0 saturated carbocycles. The SMILES string of the molecule is COc1ccc(NC(=O)CCN(C(C)=O)c2ccccc2C)cc1Cl. The summed E-state index contributed by atoms with van der Waals surface area (Å²) >= 11 is 6.05. The summed E-state index contributed by atoms with van der Waals surface area (Å²) in [5.74, 6) is 0.248. The Balaban J connectivity index is 2.01. The van der Waals surface area contributed by atoms with Crippen LogP contribution >= 0.6 is 11.6 Å². The summed E-state index contributed by atoms with van der Waals surface area (Å²) in [6.45, 7) is 3.73. The van der Waals surface area contributed by atoms with Gasteiger partial charge in [0.05, 0.1) is 12.1 Å². The summed E-state index contributed by atoms with van der Waals surface area (Å²) in [7, 11) is 1.53. The van der Waals surface area contributed by atoms with E-state index in [1.165, 1.54) is 14.0 Å². The Hall–Kier alpha value is -2.53. The van der Waals surface area contributed by atoms with Gasteiger partial charge in [-0.05, 0) is 36.8 Å². The van der Waals surface area contributed by atoms with Crippen molar-refractivity contribution in [1.29, 1.82) is 0 Å². The van der Waals surface area contributed by atoms with E-state index in [2.05, 4.69) is 5.32 Å². The van der Waals surface area contributed by atoms with Crippen LogP contribution in [0, 0.1) is 6.92 Å². The summed E-state index contributed by atoms with van der Waals surface area (Å²) in [4.78, 5) is 25.8. The molecule has 5 nitrogen and oxygen atoms in total. The number of anilines is 2. The van der Waals surface area contributed by atoms with Crippen LogP contribution in [0.3, 0.4) is 0 Å². The zero-order valence-corrected chi connectivity index (χ0v) is 15.3. The van der Waals surface area contributed by atoms with E-state index in [1.807, 2.05) is 31.2 Å². The molecule has 0 aromatic heterocycles. The van der Waals surface area contributed by atoms with E-state index < -0.39 is 0 Å². The highest BCUT2D eigenvalue weighted by atomic mass is 35.5. The Morgan fingerprint density at radius 1 is 1.20 bits per heavy atom. The molecule has 2 aromatic rings. The van der Waals surface area contributed by atoms with Crippen LogP contribution in [-0.2, 0) is 9.59 Å². The van der Waals surface area contributed by atoms with Crippen molar-refractivity contribution in [2.24, 2.45) is 0 Å². The molecule has 0 fully saturated rings. The first-order chi connectivity index (χ1) is 11.9. The number of para-hydroxylation sites is 1. The van der Waals surface area contributed by atoms with Gasteiger partial charge < -0.3 is 15.0 Å². The number of carbonyl (C=O) groups excluding carboxylic acids is 2. The largest absolute Gasteiger partial charge is 0.495 e. The molecule has 0 aliphatic heterocycles. The van der Waals surface area contributed by atoms with Gasteiger partial charge in [-0.15, -0.1) is 0 Å². The summed E-state index contributed by atoms with van der Waals surface area (Å²) in [5.41, 5.74) is 2.39. The maximum Gasteiger partial charge on any atom is 0.226 e. The fourth-order valence-electron chi connectivity index (χ4n) is 2.49. The smallest absolute Gasteiger partial charge is 0.226 e. The minimum atomic E-state index is -0.193. The van der Waals surface area contributed by atoms with Crippen molar-refractivity contribution in [3.8, 4) is 5.75 Å². The third kappa shape index (κ3) is 4.97. The molecule has 0 aliphatic carbocycles. The van der Waals surface area contributed by atoms with Crippen LogP contribution in [0.5, 0.6) is 5.75 Å². The Labute approximate surface area is 152 Å². The number of nitrogens with one attached hydrogen (secondary N) is 1. The van der Waals surface area contributed by atoms with Crippen molar-refractivity contribution < 1.29 is 14.3 Å². The number of benzene rings is 2. The van der Waals surface area contributed by atoms with Crippen LogP contribution in [0.2, 0.25) is 5.02 Å². The molecule has 0 aliphatic rings. The summed E-state index contributed by atoms with van der Waals surface area (Å²) in [5, 5.41) is 3.20. The molecule has 6 heteroatoms. The zero-order chi connectivity index (χ0) is 18.4. The van der Waals surface area contributed by atoms with Crippen molar-refractivity contribution in [3.63, 3.8) is 0 Å². The van der Waals surface area contributed by atoms with Gasteiger partial charge in [0.1, 0.15) is 5.75 Å². The maximum absolute atomic E-state index is 12.2. The molecule has 132 valence electrons. The maximum atomic E-state index is 12.2. The van der Waals surface area contributed by atoms with Crippen molar-refractivity contribution in [3.05, 3.63) is 53.1 Å². The third-order valence-corrected chi connectivity index (χ3v) is 4.08. The number of carbonyl (C=O) groups is 2.